The molecular weight excluding hydrogens is 291 g/mol. The zero-order valence-electron chi connectivity index (χ0n) is 10.9. The van der Waals surface area contributed by atoms with Crippen molar-refractivity contribution in [2.75, 3.05) is 5.73 Å². The van der Waals surface area contributed by atoms with Crippen LogP contribution in [0.15, 0.2) is 52.1 Å². The topological polar surface area (TPSA) is 77.8 Å². The molecule has 3 rings (SSSR count). The second kappa shape index (κ2) is 5.92. The van der Waals surface area contributed by atoms with Gasteiger partial charge < -0.3 is 10.3 Å². The molecule has 2 aromatic heterocycles. The summed E-state index contributed by atoms with van der Waals surface area (Å²) in [5.74, 6) is 1.12. The van der Waals surface area contributed by atoms with Crippen molar-refractivity contribution in [3.05, 3.63) is 54.4 Å². The zero-order chi connectivity index (χ0) is 14.7. The van der Waals surface area contributed by atoms with E-state index in [4.69, 9.17) is 10.3 Å². The minimum Gasteiger partial charge on any atom is -0.397 e. The van der Waals surface area contributed by atoms with E-state index in [0.717, 1.165) is 4.90 Å². The summed E-state index contributed by atoms with van der Waals surface area (Å²) in [7, 11) is 0. The third-order valence-electron chi connectivity index (χ3n) is 2.73. The van der Waals surface area contributed by atoms with Crippen molar-refractivity contribution >= 4 is 17.4 Å². The summed E-state index contributed by atoms with van der Waals surface area (Å²) in [4.78, 5) is 9.12. The van der Waals surface area contributed by atoms with E-state index in [-0.39, 0.29) is 5.82 Å². The van der Waals surface area contributed by atoms with Crippen LogP contribution in [0.3, 0.4) is 0 Å². The lowest BCUT2D eigenvalue weighted by atomic mass is 10.2. The Morgan fingerprint density at radius 1 is 1.19 bits per heavy atom. The van der Waals surface area contributed by atoms with Gasteiger partial charge in [0.05, 0.1) is 17.6 Å². The van der Waals surface area contributed by atoms with Gasteiger partial charge in [0, 0.05) is 16.7 Å². The number of anilines is 1. The van der Waals surface area contributed by atoms with Crippen LogP contribution in [0.5, 0.6) is 0 Å². The fourth-order valence-corrected chi connectivity index (χ4v) is 2.47. The van der Waals surface area contributed by atoms with Crippen molar-refractivity contribution in [1.82, 2.24) is 15.1 Å². The van der Waals surface area contributed by atoms with Crippen LogP contribution in [0.1, 0.15) is 5.89 Å². The predicted octanol–water partition coefficient (Wildman–Crippen LogP) is 3.15. The Hall–Kier alpha value is -2.41. The molecule has 0 aliphatic heterocycles. The molecule has 0 saturated carbocycles. The first-order valence-electron chi connectivity index (χ1n) is 6.13. The van der Waals surface area contributed by atoms with Gasteiger partial charge in [-0.05, 0) is 30.3 Å². The molecule has 0 atom stereocenters. The Morgan fingerprint density at radius 2 is 2.00 bits per heavy atom. The largest absolute Gasteiger partial charge is 0.397 e. The highest BCUT2D eigenvalue weighted by Crippen LogP contribution is 2.27. The predicted molar refractivity (Wildman–Crippen MR) is 77.9 cm³/mol. The average Bonchev–Trinajstić information content (AvgIpc) is 2.96. The Balaban J connectivity index is 1.71. The van der Waals surface area contributed by atoms with E-state index in [0.29, 0.717) is 28.7 Å². The molecule has 2 heterocycles. The number of nitrogens with zero attached hydrogens (tertiary/aromatic N) is 3. The summed E-state index contributed by atoms with van der Waals surface area (Å²) < 4.78 is 18.0. The molecule has 0 radical (unpaired) electrons. The summed E-state index contributed by atoms with van der Waals surface area (Å²) in [6.07, 6.45) is 3.27. The second-order valence-electron chi connectivity index (χ2n) is 4.22. The van der Waals surface area contributed by atoms with Crippen LogP contribution >= 0.6 is 11.8 Å². The maximum atomic E-state index is 12.9. The molecule has 21 heavy (non-hydrogen) atoms. The van der Waals surface area contributed by atoms with E-state index >= 15 is 0 Å². The number of rotatable bonds is 4. The molecule has 0 unspecified atom stereocenters. The first-order chi connectivity index (χ1) is 10.2. The van der Waals surface area contributed by atoms with Gasteiger partial charge in [-0.15, -0.1) is 11.8 Å². The van der Waals surface area contributed by atoms with Gasteiger partial charge >= 0.3 is 0 Å². The van der Waals surface area contributed by atoms with E-state index in [2.05, 4.69) is 15.1 Å². The molecule has 0 spiro atoms. The fraction of sp³-hybridized carbons (Fsp3) is 0.0714. The van der Waals surface area contributed by atoms with Gasteiger partial charge in [-0.1, -0.05) is 5.16 Å². The van der Waals surface area contributed by atoms with E-state index in [1.807, 2.05) is 6.07 Å². The van der Waals surface area contributed by atoms with Crippen molar-refractivity contribution in [3.63, 3.8) is 0 Å². The number of benzene rings is 1. The van der Waals surface area contributed by atoms with E-state index in [1.165, 1.54) is 23.9 Å². The number of hydrogen-bond donors (Lipinski definition) is 1. The van der Waals surface area contributed by atoms with Gasteiger partial charge in [-0.3, -0.25) is 4.98 Å². The van der Waals surface area contributed by atoms with Gasteiger partial charge in [0.1, 0.15) is 5.82 Å². The zero-order valence-corrected chi connectivity index (χ0v) is 11.7. The van der Waals surface area contributed by atoms with E-state index in [1.54, 1.807) is 24.5 Å². The molecule has 0 saturated heterocycles. The number of nitrogen functional groups attached to an aromatic ring is 1. The molecule has 0 aliphatic carbocycles. The number of pyridine rings is 1. The smallest absolute Gasteiger partial charge is 0.237 e. The standard InChI is InChI=1S/C14H11FN4OS/c15-10-3-1-9(2-4-10)14-18-13(20-19-14)8-21-12-5-6-17-7-11(12)16/h1-7H,8,16H2. The number of aromatic nitrogens is 3. The highest BCUT2D eigenvalue weighted by molar-refractivity contribution is 7.98. The molecule has 106 valence electrons. The monoisotopic (exact) mass is 302 g/mol. The van der Waals surface area contributed by atoms with Crippen molar-refractivity contribution in [3.8, 4) is 11.4 Å². The van der Waals surface area contributed by atoms with Crippen molar-refractivity contribution < 1.29 is 8.91 Å². The van der Waals surface area contributed by atoms with Crippen LogP contribution in [0.4, 0.5) is 10.1 Å². The molecule has 7 heteroatoms. The summed E-state index contributed by atoms with van der Waals surface area (Å²) in [6, 6.07) is 7.77. The lowest BCUT2D eigenvalue weighted by Gasteiger charge is -2.01. The van der Waals surface area contributed by atoms with Gasteiger partial charge in [0.25, 0.3) is 0 Å². The molecular formula is C14H11FN4OS. The van der Waals surface area contributed by atoms with Gasteiger partial charge in [-0.2, -0.15) is 4.98 Å². The Bertz CT molecular complexity index is 745. The first kappa shape index (κ1) is 13.6. The summed E-state index contributed by atoms with van der Waals surface area (Å²) in [5.41, 5.74) is 7.13. The number of thioether (sulfide) groups is 1. The minimum atomic E-state index is -0.300. The van der Waals surface area contributed by atoms with E-state index in [9.17, 15) is 4.39 Å². The van der Waals surface area contributed by atoms with Crippen LogP contribution in [-0.2, 0) is 5.75 Å². The quantitative estimate of drug-likeness (QED) is 0.746. The third-order valence-corrected chi connectivity index (χ3v) is 3.81. The molecule has 0 bridgehead atoms. The normalized spacial score (nSPS) is 10.7. The summed E-state index contributed by atoms with van der Waals surface area (Å²) in [6.45, 7) is 0. The maximum Gasteiger partial charge on any atom is 0.237 e. The Morgan fingerprint density at radius 3 is 2.76 bits per heavy atom. The van der Waals surface area contributed by atoms with E-state index < -0.39 is 0 Å². The maximum absolute atomic E-state index is 12.9. The molecule has 0 amide bonds. The van der Waals surface area contributed by atoms with Crippen molar-refractivity contribution in [2.45, 2.75) is 10.6 Å². The molecule has 1 aromatic carbocycles. The Kier molecular flexibility index (Phi) is 3.83. The van der Waals surface area contributed by atoms with Crippen LogP contribution < -0.4 is 5.73 Å². The summed E-state index contributed by atoms with van der Waals surface area (Å²) in [5, 5.41) is 3.89. The number of nitrogens with two attached hydrogens (primary N) is 1. The van der Waals surface area contributed by atoms with Crippen LogP contribution in [0, 0.1) is 5.82 Å². The van der Waals surface area contributed by atoms with Gasteiger partial charge in [0.15, 0.2) is 0 Å². The fourth-order valence-electron chi connectivity index (χ4n) is 1.69. The lowest BCUT2D eigenvalue weighted by molar-refractivity contribution is 0.391. The highest BCUT2D eigenvalue weighted by Gasteiger charge is 2.10. The van der Waals surface area contributed by atoms with Gasteiger partial charge in [-0.25, -0.2) is 4.39 Å². The lowest BCUT2D eigenvalue weighted by Crippen LogP contribution is -1.90. The van der Waals surface area contributed by atoms with Crippen molar-refractivity contribution in [2.24, 2.45) is 0 Å². The van der Waals surface area contributed by atoms with Crippen LogP contribution in [0.25, 0.3) is 11.4 Å². The highest BCUT2D eigenvalue weighted by atomic mass is 32.2. The molecule has 2 N–H and O–H groups in total. The van der Waals surface area contributed by atoms with Crippen LogP contribution in [0.2, 0.25) is 0 Å². The average molecular weight is 302 g/mol. The number of halogens is 1. The SMILES string of the molecule is Nc1cnccc1SCc1nc(-c2ccc(F)cc2)no1. The first-order valence-corrected chi connectivity index (χ1v) is 7.12. The number of hydrogen-bond acceptors (Lipinski definition) is 6. The molecule has 0 aliphatic rings. The third kappa shape index (κ3) is 3.19. The van der Waals surface area contributed by atoms with Crippen molar-refractivity contribution in [1.29, 1.82) is 0 Å². The molecule has 3 aromatic rings. The summed E-state index contributed by atoms with van der Waals surface area (Å²) >= 11 is 1.49. The Labute approximate surface area is 124 Å². The second-order valence-corrected chi connectivity index (χ2v) is 5.24. The van der Waals surface area contributed by atoms with Gasteiger partial charge in [0.2, 0.25) is 11.7 Å². The minimum absolute atomic E-state index is 0.300. The van der Waals surface area contributed by atoms with Crippen LogP contribution in [-0.4, -0.2) is 15.1 Å². The molecule has 0 fully saturated rings. The molecule has 5 nitrogen and oxygen atoms in total.